The summed E-state index contributed by atoms with van der Waals surface area (Å²) in [7, 11) is 11.1. The van der Waals surface area contributed by atoms with E-state index in [0.29, 0.717) is 59.8 Å². The topological polar surface area (TPSA) is 111 Å². The van der Waals surface area contributed by atoms with Gasteiger partial charge in [-0.2, -0.15) is 0 Å². The number of methoxy groups -OCH3 is 6. The van der Waals surface area contributed by atoms with Gasteiger partial charge in [-0.1, -0.05) is 19.3 Å². The van der Waals surface area contributed by atoms with Crippen LogP contribution in [0.15, 0.2) is 30.3 Å². The quantitative estimate of drug-likeness (QED) is 0.115. The molecule has 0 spiro atoms. The number of unbranched alkanes of at least 4 members (excludes halogenated alkanes) is 4. The highest BCUT2D eigenvalue weighted by atomic mass is 16.5. The van der Waals surface area contributed by atoms with Crippen LogP contribution < -0.4 is 28.4 Å². The van der Waals surface area contributed by atoms with Gasteiger partial charge in [0.2, 0.25) is 11.5 Å². The summed E-state index contributed by atoms with van der Waals surface area (Å²) < 4.78 is 42.6. The summed E-state index contributed by atoms with van der Waals surface area (Å²) in [5.41, 5.74) is 1.07. The Kier molecular flexibility index (Phi) is 15.6. The SMILES string of the molecule is COc1cc(/C=C/C(=O)OCCN(C)CCCCCCCOC(=O)c2cc(OC)c(OC)c(OC)c2)cc(OC)c1OC. The van der Waals surface area contributed by atoms with Gasteiger partial charge >= 0.3 is 11.9 Å². The van der Waals surface area contributed by atoms with Gasteiger partial charge in [-0.3, -0.25) is 0 Å². The molecule has 2 aromatic carbocycles. The van der Waals surface area contributed by atoms with Crippen molar-refractivity contribution in [3.63, 3.8) is 0 Å². The second-order valence-electron chi connectivity index (χ2n) is 9.58. The van der Waals surface area contributed by atoms with E-state index in [1.807, 2.05) is 7.05 Å². The molecule has 238 valence electrons. The molecular formula is C32H45NO10. The van der Waals surface area contributed by atoms with Gasteiger partial charge in [-0.15, -0.1) is 0 Å². The molecule has 0 saturated carbocycles. The molecule has 0 aliphatic rings. The lowest BCUT2D eigenvalue weighted by Crippen LogP contribution is -2.25. The first-order valence-electron chi connectivity index (χ1n) is 14.1. The van der Waals surface area contributed by atoms with Crippen LogP contribution in [0.2, 0.25) is 0 Å². The Morgan fingerprint density at radius 2 is 1.14 bits per heavy atom. The molecule has 0 saturated heterocycles. The van der Waals surface area contributed by atoms with E-state index in [-0.39, 0.29) is 0 Å². The number of hydrogen-bond donors (Lipinski definition) is 0. The maximum atomic E-state index is 12.5. The predicted molar refractivity (Wildman–Crippen MR) is 163 cm³/mol. The van der Waals surface area contributed by atoms with Crippen molar-refractivity contribution in [2.45, 2.75) is 32.1 Å². The van der Waals surface area contributed by atoms with Crippen molar-refractivity contribution < 1.29 is 47.5 Å². The lowest BCUT2D eigenvalue weighted by atomic mass is 10.1. The number of esters is 2. The molecule has 0 fully saturated rings. The minimum atomic E-state index is -0.432. The highest BCUT2D eigenvalue weighted by molar-refractivity contribution is 5.91. The largest absolute Gasteiger partial charge is 0.493 e. The van der Waals surface area contributed by atoms with E-state index in [2.05, 4.69) is 4.90 Å². The smallest absolute Gasteiger partial charge is 0.338 e. The van der Waals surface area contributed by atoms with Gasteiger partial charge in [-0.05, 0) is 62.3 Å². The van der Waals surface area contributed by atoms with Gasteiger partial charge < -0.3 is 42.8 Å². The maximum Gasteiger partial charge on any atom is 0.338 e. The van der Waals surface area contributed by atoms with Gasteiger partial charge in [0.15, 0.2) is 23.0 Å². The Morgan fingerprint density at radius 3 is 1.67 bits per heavy atom. The van der Waals surface area contributed by atoms with Crippen molar-refractivity contribution in [3.05, 3.63) is 41.5 Å². The number of carbonyl (C=O) groups is 2. The van der Waals surface area contributed by atoms with E-state index in [1.165, 1.54) is 48.7 Å². The number of ether oxygens (including phenoxy) is 8. The van der Waals surface area contributed by atoms with Crippen molar-refractivity contribution in [3.8, 4) is 34.5 Å². The maximum absolute atomic E-state index is 12.5. The van der Waals surface area contributed by atoms with Gasteiger partial charge in [0.25, 0.3) is 0 Å². The number of hydrogen-bond acceptors (Lipinski definition) is 11. The van der Waals surface area contributed by atoms with Crippen LogP contribution in [0.5, 0.6) is 34.5 Å². The third-order valence-corrected chi connectivity index (χ3v) is 6.63. The second kappa shape index (κ2) is 19.1. The van der Waals surface area contributed by atoms with Crippen LogP contribution in [0.4, 0.5) is 0 Å². The fourth-order valence-electron chi connectivity index (χ4n) is 4.29. The first-order chi connectivity index (χ1) is 20.8. The molecule has 0 N–H and O–H groups in total. The number of benzene rings is 2. The predicted octanol–water partition coefficient (Wildman–Crippen LogP) is 5.03. The second-order valence-corrected chi connectivity index (χ2v) is 9.58. The summed E-state index contributed by atoms with van der Waals surface area (Å²) in [6.07, 6.45) is 7.89. The zero-order chi connectivity index (χ0) is 31.6. The van der Waals surface area contributed by atoms with Crippen LogP contribution in [-0.2, 0) is 14.3 Å². The molecule has 0 bridgehead atoms. The minimum absolute atomic E-state index is 0.298. The molecule has 0 atom stereocenters. The molecule has 0 aliphatic heterocycles. The van der Waals surface area contributed by atoms with E-state index in [0.717, 1.165) is 44.2 Å². The van der Waals surface area contributed by atoms with Crippen molar-refractivity contribution >= 4 is 18.0 Å². The normalized spacial score (nSPS) is 10.9. The Balaban J connectivity index is 1.60. The van der Waals surface area contributed by atoms with E-state index >= 15 is 0 Å². The third kappa shape index (κ3) is 11.2. The molecule has 11 heteroatoms. The number of carbonyl (C=O) groups excluding carboxylic acids is 2. The van der Waals surface area contributed by atoms with Crippen LogP contribution in [0.1, 0.15) is 48.0 Å². The molecule has 2 rings (SSSR count). The summed E-state index contributed by atoms with van der Waals surface area (Å²) in [5, 5.41) is 0. The molecular weight excluding hydrogens is 558 g/mol. The number of likely N-dealkylation sites (N-methyl/N-ethyl adjacent to an activating group) is 1. The summed E-state index contributed by atoms with van der Waals surface area (Å²) in [6, 6.07) is 6.66. The zero-order valence-electron chi connectivity index (χ0n) is 26.4. The molecule has 0 aromatic heterocycles. The lowest BCUT2D eigenvalue weighted by molar-refractivity contribution is -0.138. The van der Waals surface area contributed by atoms with Gasteiger partial charge in [0, 0.05) is 12.6 Å². The molecule has 11 nitrogen and oxygen atoms in total. The molecule has 0 aliphatic carbocycles. The van der Waals surface area contributed by atoms with E-state index < -0.39 is 11.9 Å². The fraction of sp³-hybridized carbons (Fsp3) is 0.500. The molecule has 0 radical (unpaired) electrons. The fourth-order valence-corrected chi connectivity index (χ4v) is 4.29. The summed E-state index contributed by atoms with van der Waals surface area (Å²) in [5.74, 6) is 1.88. The van der Waals surface area contributed by atoms with Crippen LogP contribution in [0, 0.1) is 0 Å². The van der Waals surface area contributed by atoms with Gasteiger partial charge in [0.05, 0.1) is 54.8 Å². The van der Waals surface area contributed by atoms with Gasteiger partial charge in [0.1, 0.15) is 6.61 Å². The summed E-state index contributed by atoms with van der Waals surface area (Å²) in [4.78, 5) is 26.8. The van der Waals surface area contributed by atoms with Crippen LogP contribution >= 0.6 is 0 Å². The summed E-state index contributed by atoms with van der Waals surface area (Å²) in [6.45, 7) is 2.18. The summed E-state index contributed by atoms with van der Waals surface area (Å²) >= 11 is 0. The van der Waals surface area contributed by atoms with Crippen molar-refractivity contribution in [2.75, 3.05) is 76.0 Å². The Labute approximate surface area is 254 Å². The first kappa shape index (κ1) is 35.1. The molecule has 0 heterocycles. The highest BCUT2D eigenvalue weighted by Crippen LogP contribution is 2.39. The average molecular weight is 604 g/mol. The number of nitrogens with zero attached hydrogens (tertiary/aromatic N) is 1. The van der Waals surface area contributed by atoms with Crippen LogP contribution in [0.25, 0.3) is 6.08 Å². The van der Waals surface area contributed by atoms with Crippen LogP contribution in [0.3, 0.4) is 0 Å². The molecule has 43 heavy (non-hydrogen) atoms. The monoisotopic (exact) mass is 603 g/mol. The Morgan fingerprint density at radius 1 is 0.628 bits per heavy atom. The van der Waals surface area contributed by atoms with Crippen LogP contribution in [-0.4, -0.2) is 92.8 Å². The standard InChI is InChI=1S/C32H45NO10/c1-33(16-18-42-29(34)14-13-23-19-25(36-2)30(40-6)26(20-23)37-3)15-11-9-8-10-12-17-43-32(35)24-21-27(38-4)31(41-7)28(22-24)39-5/h13-14,19-22H,8-12,15-18H2,1-7H3/b14-13+. The molecule has 2 aromatic rings. The minimum Gasteiger partial charge on any atom is -0.493 e. The number of rotatable bonds is 20. The van der Waals surface area contributed by atoms with E-state index in [4.69, 9.17) is 37.9 Å². The Hall–Kier alpha value is -4.12. The molecule has 0 unspecified atom stereocenters. The first-order valence-corrected chi connectivity index (χ1v) is 14.1. The van der Waals surface area contributed by atoms with E-state index in [1.54, 1.807) is 30.3 Å². The van der Waals surface area contributed by atoms with Crippen molar-refractivity contribution in [2.24, 2.45) is 0 Å². The van der Waals surface area contributed by atoms with Gasteiger partial charge in [-0.25, -0.2) is 9.59 Å². The van der Waals surface area contributed by atoms with Crippen molar-refractivity contribution in [1.82, 2.24) is 4.90 Å². The van der Waals surface area contributed by atoms with E-state index in [9.17, 15) is 9.59 Å². The Bertz CT molecular complexity index is 1150. The average Bonchev–Trinajstić information content (AvgIpc) is 3.03. The lowest BCUT2D eigenvalue weighted by Gasteiger charge is -2.16. The van der Waals surface area contributed by atoms with Crippen molar-refractivity contribution in [1.29, 1.82) is 0 Å². The molecule has 0 amide bonds. The third-order valence-electron chi connectivity index (χ3n) is 6.63. The highest BCUT2D eigenvalue weighted by Gasteiger charge is 2.18. The zero-order valence-corrected chi connectivity index (χ0v) is 26.4.